The third kappa shape index (κ3) is 2.26. The van der Waals surface area contributed by atoms with Crippen LogP contribution in [0.3, 0.4) is 0 Å². The van der Waals surface area contributed by atoms with Crippen molar-refractivity contribution in [3.8, 4) is 0 Å². The number of rotatable bonds is 2. The Bertz CT molecular complexity index is 538. The average molecular weight is 293 g/mol. The van der Waals surface area contributed by atoms with Crippen molar-refractivity contribution in [1.29, 1.82) is 0 Å². The Morgan fingerprint density at radius 2 is 2.17 bits per heavy atom. The standard InChI is InChI=1S/C10H7Cl2FN2O3/c11-5-1-10(16)14(4-5)8-2-6(12)7(13)3-9(8)15(17)18/h2-3,5H,1,4H2. The molecular formula is C10H7Cl2FN2O3. The fraction of sp³-hybridized carbons (Fsp3) is 0.300. The molecule has 8 heteroatoms. The summed E-state index contributed by atoms with van der Waals surface area (Å²) in [4.78, 5) is 22.9. The largest absolute Gasteiger partial charge is 0.305 e. The van der Waals surface area contributed by atoms with Crippen LogP contribution in [-0.4, -0.2) is 22.8 Å². The van der Waals surface area contributed by atoms with Crippen LogP contribution in [-0.2, 0) is 4.79 Å². The number of anilines is 1. The van der Waals surface area contributed by atoms with Gasteiger partial charge < -0.3 is 4.90 Å². The van der Waals surface area contributed by atoms with Gasteiger partial charge >= 0.3 is 0 Å². The molecule has 1 heterocycles. The van der Waals surface area contributed by atoms with Gasteiger partial charge in [-0.2, -0.15) is 0 Å². The molecule has 0 aromatic heterocycles. The van der Waals surface area contributed by atoms with Gasteiger partial charge in [-0.3, -0.25) is 14.9 Å². The molecule has 1 fully saturated rings. The van der Waals surface area contributed by atoms with E-state index in [2.05, 4.69) is 0 Å². The second kappa shape index (κ2) is 4.70. The summed E-state index contributed by atoms with van der Waals surface area (Å²) in [6.45, 7) is 0.142. The highest BCUT2D eigenvalue weighted by Crippen LogP contribution is 2.36. The van der Waals surface area contributed by atoms with Crippen molar-refractivity contribution < 1.29 is 14.1 Å². The molecule has 5 nitrogen and oxygen atoms in total. The Kier molecular flexibility index (Phi) is 3.41. The van der Waals surface area contributed by atoms with Crippen LogP contribution in [0, 0.1) is 15.9 Å². The number of alkyl halides is 1. The zero-order valence-electron chi connectivity index (χ0n) is 8.90. The molecule has 0 saturated carbocycles. The number of nitro benzene ring substituents is 1. The number of hydrogen-bond donors (Lipinski definition) is 0. The van der Waals surface area contributed by atoms with Gasteiger partial charge in [0.1, 0.15) is 11.5 Å². The monoisotopic (exact) mass is 292 g/mol. The molecule has 0 spiro atoms. The first kappa shape index (κ1) is 13.0. The zero-order valence-corrected chi connectivity index (χ0v) is 10.4. The smallest absolute Gasteiger partial charge is 0.295 e. The van der Waals surface area contributed by atoms with E-state index < -0.39 is 21.8 Å². The lowest BCUT2D eigenvalue weighted by Crippen LogP contribution is -2.25. The van der Waals surface area contributed by atoms with E-state index in [9.17, 15) is 19.3 Å². The molecule has 1 atom stereocenters. The van der Waals surface area contributed by atoms with Gasteiger partial charge in [-0.05, 0) is 6.07 Å². The molecule has 1 aliphatic rings. The van der Waals surface area contributed by atoms with Gasteiger partial charge in [0, 0.05) is 13.0 Å². The molecule has 2 rings (SSSR count). The molecule has 1 aromatic carbocycles. The quantitative estimate of drug-likeness (QED) is 0.478. The highest BCUT2D eigenvalue weighted by Gasteiger charge is 2.34. The fourth-order valence-corrected chi connectivity index (χ4v) is 2.21. The predicted molar refractivity (Wildman–Crippen MR) is 64.7 cm³/mol. The summed E-state index contributed by atoms with van der Waals surface area (Å²) in [6, 6.07) is 1.77. The van der Waals surface area contributed by atoms with Crippen LogP contribution in [0.1, 0.15) is 6.42 Å². The number of halogens is 3. The lowest BCUT2D eigenvalue weighted by atomic mass is 10.2. The molecular weight excluding hydrogens is 286 g/mol. The fourth-order valence-electron chi connectivity index (χ4n) is 1.79. The van der Waals surface area contributed by atoms with Gasteiger partial charge in [-0.1, -0.05) is 11.6 Å². The number of hydrogen-bond acceptors (Lipinski definition) is 3. The third-order valence-electron chi connectivity index (χ3n) is 2.58. The van der Waals surface area contributed by atoms with Crippen molar-refractivity contribution in [2.75, 3.05) is 11.4 Å². The summed E-state index contributed by atoms with van der Waals surface area (Å²) in [5, 5.41) is 10.2. The van der Waals surface area contributed by atoms with Crippen LogP contribution >= 0.6 is 23.2 Å². The van der Waals surface area contributed by atoms with E-state index in [-0.39, 0.29) is 29.6 Å². The number of carbonyl (C=O) groups is 1. The molecule has 0 bridgehead atoms. The van der Waals surface area contributed by atoms with Crippen LogP contribution < -0.4 is 4.90 Å². The molecule has 1 aromatic rings. The lowest BCUT2D eigenvalue weighted by Gasteiger charge is -2.16. The van der Waals surface area contributed by atoms with Crippen molar-refractivity contribution in [3.63, 3.8) is 0 Å². The average Bonchev–Trinajstić information content (AvgIpc) is 2.61. The molecule has 0 radical (unpaired) electrons. The third-order valence-corrected chi connectivity index (χ3v) is 3.16. The summed E-state index contributed by atoms with van der Waals surface area (Å²) >= 11 is 11.4. The van der Waals surface area contributed by atoms with E-state index in [0.717, 1.165) is 11.0 Å². The van der Waals surface area contributed by atoms with Gasteiger partial charge in [0.05, 0.1) is 21.4 Å². The first-order valence-electron chi connectivity index (χ1n) is 4.98. The summed E-state index contributed by atoms with van der Waals surface area (Å²) in [5.41, 5.74) is -0.532. The maximum Gasteiger partial charge on any atom is 0.295 e. The van der Waals surface area contributed by atoms with E-state index in [0.29, 0.717) is 6.07 Å². The molecule has 96 valence electrons. The van der Waals surface area contributed by atoms with Crippen LogP contribution in [0.15, 0.2) is 12.1 Å². The summed E-state index contributed by atoms with van der Waals surface area (Å²) in [5.74, 6) is -1.25. The molecule has 0 N–H and O–H groups in total. The van der Waals surface area contributed by atoms with Gasteiger partial charge in [0.15, 0.2) is 0 Å². The minimum absolute atomic E-state index is 0.0282. The molecule has 1 aliphatic heterocycles. The summed E-state index contributed by atoms with van der Waals surface area (Å²) in [7, 11) is 0. The van der Waals surface area contributed by atoms with Gasteiger partial charge in [0.25, 0.3) is 5.69 Å². The van der Waals surface area contributed by atoms with Crippen molar-refractivity contribution in [2.45, 2.75) is 11.8 Å². The minimum atomic E-state index is -0.902. The van der Waals surface area contributed by atoms with Crippen LogP contribution in [0.5, 0.6) is 0 Å². The second-order valence-electron chi connectivity index (χ2n) is 3.82. The Morgan fingerprint density at radius 3 is 2.67 bits per heavy atom. The van der Waals surface area contributed by atoms with Crippen molar-refractivity contribution in [2.24, 2.45) is 0 Å². The second-order valence-corrected chi connectivity index (χ2v) is 4.84. The van der Waals surface area contributed by atoms with E-state index in [1.807, 2.05) is 0 Å². The normalized spacial score (nSPS) is 19.4. The highest BCUT2D eigenvalue weighted by atomic mass is 35.5. The SMILES string of the molecule is O=C1CC(Cl)CN1c1cc(Cl)c(F)cc1[N+](=O)[O-]. The van der Waals surface area contributed by atoms with E-state index >= 15 is 0 Å². The van der Waals surface area contributed by atoms with E-state index in [1.165, 1.54) is 0 Å². The summed E-state index contributed by atoms with van der Waals surface area (Å²) in [6.07, 6.45) is 0.0910. The zero-order chi connectivity index (χ0) is 13.4. The first-order valence-corrected chi connectivity index (χ1v) is 5.79. The number of benzene rings is 1. The molecule has 1 saturated heterocycles. The number of nitrogens with zero attached hydrogens (tertiary/aromatic N) is 2. The minimum Gasteiger partial charge on any atom is -0.305 e. The summed E-state index contributed by atoms with van der Waals surface area (Å²) < 4.78 is 13.2. The Labute approximate surface area is 111 Å². The Hall–Kier alpha value is -1.40. The molecule has 1 amide bonds. The maximum atomic E-state index is 13.2. The molecule has 1 unspecified atom stereocenters. The van der Waals surface area contributed by atoms with Gasteiger partial charge in [-0.15, -0.1) is 11.6 Å². The topological polar surface area (TPSA) is 63.5 Å². The Morgan fingerprint density at radius 1 is 1.50 bits per heavy atom. The van der Waals surface area contributed by atoms with Crippen molar-refractivity contribution in [1.82, 2.24) is 0 Å². The van der Waals surface area contributed by atoms with Gasteiger partial charge in [0.2, 0.25) is 5.91 Å². The van der Waals surface area contributed by atoms with Crippen LogP contribution in [0.4, 0.5) is 15.8 Å². The maximum absolute atomic E-state index is 13.2. The number of amides is 1. The number of carbonyl (C=O) groups excluding carboxylic acids is 1. The van der Waals surface area contributed by atoms with Crippen molar-refractivity contribution >= 4 is 40.5 Å². The lowest BCUT2D eigenvalue weighted by molar-refractivity contribution is -0.384. The van der Waals surface area contributed by atoms with Gasteiger partial charge in [-0.25, -0.2) is 4.39 Å². The Balaban J connectivity index is 2.52. The highest BCUT2D eigenvalue weighted by molar-refractivity contribution is 6.31. The number of nitro groups is 1. The first-order chi connectivity index (χ1) is 8.40. The molecule has 0 aliphatic carbocycles. The predicted octanol–water partition coefficient (Wildman–Crippen LogP) is 2.73. The van der Waals surface area contributed by atoms with Crippen LogP contribution in [0.2, 0.25) is 5.02 Å². The molecule has 18 heavy (non-hydrogen) atoms. The van der Waals surface area contributed by atoms with Crippen molar-refractivity contribution in [3.05, 3.63) is 33.1 Å². The van der Waals surface area contributed by atoms with E-state index in [4.69, 9.17) is 23.2 Å². The van der Waals surface area contributed by atoms with Crippen LogP contribution in [0.25, 0.3) is 0 Å². The van der Waals surface area contributed by atoms with E-state index in [1.54, 1.807) is 0 Å².